The van der Waals surface area contributed by atoms with Crippen molar-refractivity contribution in [2.75, 3.05) is 0 Å². The van der Waals surface area contributed by atoms with Crippen molar-refractivity contribution in [2.45, 2.75) is 80.6 Å². The van der Waals surface area contributed by atoms with E-state index in [1.165, 1.54) is 32.1 Å². The fourth-order valence-electron chi connectivity index (χ4n) is 2.82. The lowest BCUT2D eigenvalue weighted by molar-refractivity contribution is 0.263. The van der Waals surface area contributed by atoms with Crippen LogP contribution in [0, 0.1) is 23.2 Å². The molecule has 1 radical (unpaired) electrons. The molecule has 0 bridgehead atoms. The minimum absolute atomic E-state index is 0.482. The Balaban J connectivity index is 4.17. The largest absolute Gasteiger partial charge is 0.0654 e. The molecule has 0 fully saturated rings. The summed E-state index contributed by atoms with van der Waals surface area (Å²) in [5.41, 5.74) is 0.482. The van der Waals surface area contributed by atoms with Crippen LogP contribution >= 0.6 is 0 Å². The lowest BCUT2D eigenvalue weighted by Crippen LogP contribution is -2.17. The summed E-state index contributed by atoms with van der Waals surface area (Å²) < 4.78 is 0. The maximum atomic E-state index is 2.43. The summed E-state index contributed by atoms with van der Waals surface area (Å²) in [5.74, 6) is 3.44. The summed E-state index contributed by atoms with van der Waals surface area (Å²) in [5, 5.41) is 0. The van der Waals surface area contributed by atoms with Crippen molar-refractivity contribution in [3.05, 3.63) is 5.92 Å². The molecule has 0 aromatic heterocycles. The fourth-order valence-corrected chi connectivity index (χ4v) is 2.82. The van der Waals surface area contributed by atoms with Gasteiger partial charge in [-0.15, -0.1) is 0 Å². The van der Waals surface area contributed by atoms with E-state index in [1.54, 1.807) is 5.92 Å². The van der Waals surface area contributed by atoms with Crippen LogP contribution in [-0.4, -0.2) is 0 Å². The number of hydrogen-bond donors (Lipinski definition) is 0. The van der Waals surface area contributed by atoms with Crippen LogP contribution in [0.1, 0.15) is 80.6 Å². The molecule has 0 amide bonds. The molecule has 0 nitrogen and oxygen atoms in total. The van der Waals surface area contributed by atoms with Gasteiger partial charge in [0.05, 0.1) is 0 Å². The molecule has 0 N–H and O–H groups in total. The van der Waals surface area contributed by atoms with Crippen LogP contribution in [0.4, 0.5) is 0 Å². The topological polar surface area (TPSA) is 0 Å². The van der Waals surface area contributed by atoms with Crippen LogP contribution in [0.2, 0.25) is 0 Å². The molecule has 0 saturated heterocycles. The summed E-state index contributed by atoms with van der Waals surface area (Å²) in [6.45, 7) is 16.5. The molecule has 2 unspecified atom stereocenters. The predicted molar refractivity (Wildman–Crippen MR) is 75.5 cm³/mol. The maximum absolute atomic E-state index is 2.43. The van der Waals surface area contributed by atoms with Crippen molar-refractivity contribution in [1.82, 2.24) is 0 Å². The van der Waals surface area contributed by atoms with Gasteiger partial charge in [-0.3, -0.25) is 0 Å². The minimum atomic E-state index is 0.482. The summed E-state index contributed by atoms with van der Waals surface area (Å²) in [6.07, 6.45) is 6.71. The molecule has 0 aliphatic carbocycles. The molecule has 0 aromatic carbocycles. The first-order chi connectivity index (χ1) is 7.30. The summed E-state index contributed by atoms with van der Waals surface area (Å²) in [4.78, 5) is 0. The first-order valence-electron chi connectivity index (χ1n) is 7.12. The van der Waals surface area contributed by atoms with Crippen molar-refractivity contribution < 1.29 is 0 Å². The van der Waals surface area contributed by atoms with E-state index in [9.17, 15) is 0 Å². The Morgan fingerprint density at radius 2 is 1.69 bits per heavy atom. The lowest BCUT2D eigenvalue weighted by atomic mass is 9.77. The zero-order valence-electron chi connectivity index (χ0n) is 12.7. The van der Waals surface area contributed by atoms with Gasteiger partial charge in [0.15, 0.2) is 0 Å². The van der Waals surface area contributed by atoms with Gasteiger partial charge in [0.1, 0.15) is 0 Å². The van der Waals surface area contributed by atoms with E-state index in [2.05, 4.69) is 48.5 Å². The van der Waals surface area contributed by atoms with E-state index in [4.69, 9.17) is 0 Å². The van der Waals surface area contributed by atoms with E-state index in [0.717, 1.165) is 11.8 Å². The van der Waals surface area contributed by atoms with Crippen LogP contribution < -0.4 is 0 Å². The molecule has 0 spiro atoms. The van der Waals surface area contributed by atoms with Crippen LogP contribution in [-0.2, 0) is 0 Å². The van der Waals surface area contributed by atoms with E-state index in [1.807, 2.05) is 0 Å². The quantitative estimate of drug-likeness (QED) is 0.508. The average Bonchev–Trinajstić information content (AvgIpc) is 2.13. The van der Waals surface area contributed by atoms with Crippen molar-refractivity contribution in [2.24, 2.45) is 17.3 Å². The average molecular weight is 225 g/mol. The molecule has 0 aliphatic rings. The van der Waals surface area contributed by atoms with Crippen LogP contribution in [0.5, 0.6) is 0 Å². The summed E-state index contributed by atoms with van der Waals surface area (Å²) in [7, 11) is 0. The van der Waals surface area contributed by atoms with Gasteiger partial charge < -0.3 is 0 Å². The molecule has 0 rings (SSSR count). The van der Waals surface area contributed by atoms with Gasteiger partial charge >= 0.3 is 0 Å². The van der Waals surface area contributed by atoms with Crippen molar-refractivity contribution in [3.63, 3.8) is 0 Å². The SMILES string of the molecule is CCCC(CC(C)CC(C)(C)C)[C](C)CC. The highest BCUT2D eigenvalue weighted by Gasteiger charge is 2.21. The molecule has 97 valence electrons. The molecular formula is C16H33. The zero-order chi connectivity index (χ0) is 12.8. The summed E-state index contributed by atoms with van der Waals surface area (Å²) in [6, 6.07) is 0. The first-order valence-corrected chi connectivity index (χ1v) is 7.12. The maximum Gasteiger partial charge on any atom is -0.0244 e. The van der Waals surface area contributed by atoms with E-state index >= 15 is 0 Å². The third kappa shape index (κ3) is 7.30. The van der Waals surface area contributed by atoms with Gasteiger partial charge in [0.25, 0.3) is 0 Å². The van der Waals surface area contributed by atoms with Gasteiger partial charge in [-0.1, -0.05) is 61.3 Å². The fraction of sp³-hybridized carbons (Fsp3) is 0.938. The minimum Gasteiger partial charge on any atom is -0.0654 e. The van der Waals surface area contributed by atoms with Gasteiger partial charge in [-0.05, 0) is 42.4 Å². The monoisotopic (exact) mass is 225 g/mol. The smallest absolute Gasteiger partial charge is 0.0244 e. The number of rotatable bonds is 7. The van der Waals surface area contributed by atoms with Crippen molar-refractivity contribution >= 4 is 0 Å². The van der Waals surface area contributed by atoms with Gasteiger partial charge in [-0.25, -0.2) is 0 Å². The molecule has 2 atom stereocenters. The highest BCUT2D eigenvalue weighted by Crippen LogP contribution is 2.33. The first kappa shape index (κ1) is 16.0. The molecule has 0 heteroatoms. The third-order valence-corrected chi connectivity index (χ3v) is 3.54. The Morgan fingerprint density at radius 3 is 2.06 bits per heavy atom. The molecule has 0 heterocycles. The lowest BCUT2D eigenvalue weighted by Gasteiger charge is -2.29. The van der Waals surface area contributed by atoms with Crippen LogP contribution in [0.25, 0.3) is 0 Å². The third-order valence-electron chi connectivity index (χ3n) is 3.54. The van der Waals surface area contributed by atoms with E-state index in [-0.39, 0.29) is 0 Å². The Morgan fingerprint density at radius 1 is 1.12 bits per heavy atom. The van der Waals surface area contributed by atoms with E-state index < -0.39 is 0 Å². The van der Waals surface area contributed by atoms with Gasteiger partial charge in [0.2, 0.25) is 0 Å². The Kier molecular flexibility index (Phi) is 7.35. The van der Waals surface area contributed by atoms with Crippen molar-refractivity contribution in [1.29, 1.82) is 0 Å². The van der Waals surface area contributed by atoms with Gasteiger partial charge in [0, 0.05) is 0 Å². The van der Waals surface area contributed by atoms with E-state index in [0.29, 0.717) is 5.41 Å². The van der Waals surface area contributed by atoms with Crippen LogP contribution in [0.3, 0.4) is 0 Å². The second-order valence-electron chi connectivity index (χ2n) is 6.79. The molecule has 0 saturated carbocycles. The van der Waals surface area contributed by atoms with Crippen LogP contribution in [0.15, 0.2) is 0 Å². The Labute approximate surface area is 104 Å². The molecule has 0 aliphatic heterocycles. The zero-order valence-corrected chi connectivity index (χ0v) is 12.7. The second-order valence-corrected chi connectivity index (χ2v) is 6.79. The second kappa shape index (κ2) is 7.35. The summed E-state index contributed by atoms with van der Waals surface area (Å²) >= 11 is 0. The highest BCUT2D eigenvalue weighted by molar-refractivity contribution is 4.91. The molecule has 0 aromatic rings. The Hall–Kier alpha value is 0. The molecular weight excluding hydrogens is 192 g/mol. The highest BCUT2D eigenvalue weighted by atomic mass is 14.3. The predicted octanol–water partition coefficient (Wildman–Crippen LogP) is 5.87. The van der Waals surface area contributed by atoms with Gasteiger partial charge in [-0.2, -0.15) is 0 Å². The molecule has 16 heavy (non-hydrogen) atoms. The van der Waals surface area contributed by atoms with Crippen molar-refractivity contribution in [3.8, 4) is 0 Å². The standard InChI is InChI=1S/C16H33/c1-8-10-15(14(4)9-2)11-13(3)12-16(5,6)7/h13,15H,8-12H2,1-7H3. The number of hydrogen-bond acceptors (Lipinski definition) is 0. The normalized spacial score (nSPS) is 16.5. The Bertz CT molecular complexity index is 163.